The van der Waals surface area contributed by atoms with Crippen molar-refractivity contribution < 1.29 is 43.6 Å². The lowest BCUT2D eigenvalue weighted by atomic mass is 10.1. The second-order valence-electron chi connectivity index (χ2n) is 6.14. The highest BCUT2D eigenvalue weighted by atomic mass is 16.6. The lowest BCUT2D eigenvalue weighted by molar-refractivity contribution is -0.142. The quantitative estimate of drug-likeness (QED) is 0.252. The first-order valence-electron chi connectivity index (χ1n) is 9.07. The number of carboxylic acids is 2. The van der Waals surface area contributed by atoms with Gasteiger partial charge < -0.3 is 24.4 Å². The van der Waals surface area contributed by atoms with Crippen molar-refractivity contribution in [2.45, 2.75) is 13.5 Å². The van der Waals surface area contributed by atoms with Crippen molar-refractivity contribution in [2.75, 3.05) is 39.5 Å². The highest BCUT2D eigenvalue weighted by Gasteiger charge is 2.15. The van der Waals surface area contributed by atoms with Gasteiger partial charge in [0.05, 0.1) is 44.0 Å². The van der Waals surface area contributed by atoms with Crippen LogP contribution in [0.5, 0.6) is 0 Å². The molecular weight excluding hydrogens is 398 g/mol. The zero-order valence-electron chi connectivity index (χ0n) is 16.7. The van der Waals surface area contributed by atoms with Crippen molar-refractivity contribution in [3.8, 4) is 0 Å². The molecule has 0 aliphatic rings. The number of rotatable bonds is 14. The Labute approximate surface area is 173 Å². The molecule has 0 spiro atoms. The van der Waals surface area contributed by atoms with Gasteiger partial charge in [0.2, 0.25) is 0 Å². The molecule has 10 nitrogen and oxygen atoms in total. The number of ether oxygens (including phenoxy) is 3. The van der Waals surface area contributed by atoms with E-state index in [0.29, 0.717) is 5.56 Å². The average Bonchev–Trinajstić information content (AvgIpc) is 2.67. The SMILES string of the molecule is C=C(COCCOC(=O)c1ccc(CN(CC(=O)O)CC(=O)O)cc1)C(=O)OCC. The number of hydrogen-bond acceptors (Lipinski definition) is 8. The van der Waals surface area contributed by atoms with E-state index >= 15 is 0 Å². The minimum Gasteiger partial charge on any atom is -0.480 e. The van der Waals surface area contributed by atoms with Gasteiger partial charge in [0.25, 0.3) is 0 Å². The van der Waals surface area contributed by atoms with Gasteiger partial charge in [0.15, 0.2) is 0 Å². The Balaban J connectivity index is 2.43. The molecule has 0 aliphatic heterocycles. The molecule has 0 bridgehead atoms. The summed E-state index contributed by atoms with van der Waals surface area (Å²) in [4.78, 5) is 46.3. The number of carbonyl (C=O) groups is 4. The van der Waals surface area contributed by atoms with E-state index in [1.807, 2.05) is 0 Å². The Kier molecular flexibility index (Phi) is 10.8. The molecule has 1 aromatic carbocycles. The van der Waals surface area contributed by atoms with Crippen LogP contribution in [0.4, 0.5) is 0 Å². The summed E-state index contributed by atoms with van der Waals surface area (Å²) in [6, 6.07) is 6.18. The summed E-state index contributed by atoms with van der Waals surface area (Å²) in [6.07, 6.45) is 0. The predicted molar refractivity (Wildman–Crippen MR) is 104 cm³/mol. The van der Waals surface area contributed by atoms with Gasteiger partial charge in [-0.2, -0.15) is 0 Å². The smallest absolute Gasteiger partial charge is 0.338 e. The highest BCUT2D eigenvalue weighted by molar-refractivity contribution is 5.89. The van der Waals surface area contributed by atoms with Gasteiger partial charge in [-0.3, -0.25) is 14.5 Å². The maximum atomic E-state index is 12.0. The van der Waals surface area contributed by atoms with Crippen LogP contribution in [0.15, 0.2) is 36.4 Å². The summed E-state index contributed by atoms with van der Waals surface area (Å²) in [5.41, 5.74) is 1.09. The fourth-order valence-electron chi connectivity index (χ4n) is 2.32. The van der Waals surface area contributed by atoms with Crippen LogP contribution in [0.25, 0.3) is 0 Å². The molecule has 0 aliphatic carbocycles. The van der Waals surface area contributed by atoms with Crippen LogP contribution in [0.1, 0.15) is 22.8 Å². The normalized spacial score (nSPS) is 10.5. The van der Waals surface area contributed by atoms with Crippen LogP contribution in [-0.4, -0.2) is 78.5 Å². The molecule has 0 radical (unpaired) electrons. The molecule has 0 unspecified atom stereocenters. The minimum absolute atomic E-state index is 0.0261. The lowest BCUT2D eigenvalue weighted by Gasteiger charge is -2.18. The number of carboxylic acid groups (broad SMARTS) is 2. The average molecular weight is 423 g/mol. The Bertz CT molecular complexity index is 742. The van der Waals surface area contributed by atoms with E-state index in [0.717, 1.165) is 0 Å². The van der Waals surface area contributed by atoms with Crippen LogP contribution in [0.2, 0.25) is 0 Å². The van der Waals surface area contributed by atoms with E-state index in [4.69, 9.17) is 24.4 Å². The fraction of sp³-hybridized carbons (Fsp3) is 0.400. The van der Waals surface area contributed by atoms with Crippen molar-refractivity contribution in [1.29, 1.82) is 0 Å². The fourth-order valence-corrected chi connectivity index (χ4v) is 2.32. The molecule has 0 fully saturated rings. The van der Waals surface area contributed by atoms with E-state index in [1.54, 1.807) is 19.1 Å². The zero-order chi connectivity index (χ0) is 22.5. The first-order valence-corrected chi connectivity index (χ1v) is 9.07. The van der Waals surface area contributed by atoms with Gasteiger partial charge in [0.1, 0.15) is 6.61 Å². The van der Waals surface area contributed by atoms with Crippen molar-refractivity contribution in [3.63, 3.8) is 0 Å². The van der Waals surface area contributed by atoms with Gasteiger partial charge in [0, 0.05) is 6.54 Å². The third-order valence-electron chi connectivity index (χ3n) is 3.61. The first-order chi connectivity index (χ1) is 14.2. The second kappa shape index (κ2) is 13.1. The first kappa shape index (κ1) is 24.8. The lowest BCUT2D eigenvalue weighted by Crippen LogP contribution is -2.33. The summed E-state index contributed by atoms with van der Waals surface area (Å²) in [5.74, 6) is -3.39. The van der Waals surface area contributed by atoms with Crippen molar-refractivity contribution >= 4 is 23.9 Å². The van der Waals surface area contributed by atoms with Crippen LogP contribution < -0.4 is 0 Å². The van der Waals surface area contributed by atoms with Gasteiger partial charge in [-0.15, -0.1) is 0 Å². The van der Waals surface area contributed by atoms with Crippen molar-refractivity contribution in [3.05, 3.63) is 47.5 Å². The Hall–Kier alpha value is -3.24. The Morgan fingerprint density at radius 3 is 2.10 bits per heavy atom. The number of hydrogen-bond donors (Lipinski definition) is 2. The van der Waals surface area contributed by atoms with Gasteiger partial charge in [-0.1, -0.05) is 18.7 Å². The second-order valence-corrected chi connectivity index (χ2v) is 6.14. The maximum absolute atomic E-state index is 12.0. The molecule has 0 atom stereocenters. The van der Waals surface area contributed by atoms with Crippen LogP contribution in [-0.2, 0) is 35.1 Å². The molecule has 1 aromatic rings. The maximum Gasteiger partial charge on any atom is 0.338 e. The number of nitrogens with zero attached hydrogens (tertiary/aromatic N) is 1. The molecular formula is C20H25NO9. The Morgan fingerprint density at radius 2 is 1.57 bits per heavy atom. The van der Waals surface area contributed by atoms with Crippen LogP contribution >= 0.6 is 0 Å². The van der Waals surface area contributed by atoms with E-state index in [-0.39, 0.29) is 44.1 Å². The molecule has 0 heterocycles. The topological polar surface area (TPSA) is 140 Å². The molecule has 1 rings (SSSR count). The van der Waals surface area contributed by atoms with Crippen LogP contribution in [0.3, 0.4) is 0 Å². The third-order valence-corrected chi connectivity index (χ3v) is 3.61. The van der Waals surface area contributed by atoms with Gasteiger partial charge in [-0.05, 0) is 24.6 Å². The van der Waals surface area contributed by atoms with Crippen molar-refractivity contribution in [2.24, 2.45) is 0 Å². The summed E-state index contributed by atoms with van der Waals surface area (Å²) in [5, 5.41) is 17.7. The third kappa shape index (κ3) is 9.80. The Morgan fingerprint density at radius 1 is 0.967 bits per heavy atom. The van der Waals surface area contributed by atoms with Crippen molar-refractivity contribution in [1.82, 2.24) is 4.90 Å². The summed E-state index contributed by atoms with van der Waals surface area (Å²) < 4.78 is 15.0. The van der Waals surface area contributed by atoms with E-state index < -0.39 is 37.0 Å². The monoisotopic (exact) mass is 423 g/mol. The van der Waals surface area contributed by atoms with E-state index in [2.05, 4.69) is 6.58 Å². The number of esters is 2. The summed E-state index contributed by atoms with van der Waals surface area (Å²) >= 11 is 0. The molecule has 2 N–H and O–H groups in total. The van der Waals surface area contributed by atoms with Gasteiger partial charge >= 0.3 is 23.9 Å². The zero-order valence-corrected chi connectivity index (χ0v) is 16.7. The molecule has 0 saturated heterocycles. The van der Waals surface area contributed by atoms with E-state index in [1.165, 1.54) is 17.0 Å². The molecule has 30 heavy (non-hydrogen) atoms. The number of carbonyl (C=O) groups excluding carboxylic acids is 2. The molecule has 0 aromatic heterocycles. The van der Waals surface area contributed by atoms with E-state index in [9.17, 15) is 19.2 Å². The number of benzene rings is 1. The van der Waals surface area contributed by atoms with Crippen LogP contribution in [0, 0.1) is 0 Å². The summed E-state index contributed by atoms with van der Waals surface area (Å²) in [6.45, 7) is 4.74. The summed E-state index contributed by atoms with van der Waals surface area (Å²) in [7, 11) is 0. The number of aliphatic carboxylic acids is 2. The molecule has 10 heteroatoms. The predicted octanol–water partition coefficient (Wildman–Crippen LogP) is 0.950. The molecule has 164 valence electrons. The standard InChI is InChI=1S/C20H25NO9/c1-3-29-19(26)14(2)13-28-8-9-30-20(27)16-6-4-15(5-7-16)10-21(11-17(22)23)12-18(24)25/h4-7H,2-3,8-13H2,1H3,(H,22,23)(H,24,25). The molecule has 0 saturated carbocycles. The largest absolute Gasteiger partial charge is 0.480 e. The highest BCUT2D eigenvalue weighted by Crippen LogP contribution is 2.09. The molecule has 0 amide bonds. The van der Waals surface area contributed by atoms with Gasteiger partial charge in [-0.25, -0.2) is 9.59 Å². The minimum atomic E-state index is -1.13.